The Morgan fingerprint density at radius 3 is 2.55 bits per heavy atom. The summed E-state index contributed by atoms with van der Waals surface area (Å²) in [7, 11) is 0. The summed E-state index contributed by atoms with van der Waals surface area (Å²) >= 11 is 6.18. The molecule has 5 nitrogen and oxygen atoms in total. The molecule has 0 unspecified atom stereocenters. The SMILES string of the molecule is Cc1ccc(Cl)cc1N1CCN(C(=O)C2(c3cc(-c4ccccc4F)on3)CC2)CC1. The first-order valence-electron chi connectivity index (χ1n) is 10.5. The smallest absolute Gasteiger partial charge is 0.235 e. The third kappa shape index (κ3) is 3.59. The van der Waals surface area contributed by atoms with Crippen molar-refractivity contribution in [3.8, 4) is 11.3 Å². The summed E-state index contributed by atoms with van der Waals surface area (Å²) in [6.45, 7) is 4.86. The zero-order chi connectivity index (χ0) is 21.6. The number of rotatable bonds is 4. The van der Waals surface area contributed by atoms with Crippen LogP contribution in [0.4, 0.5) is 10.1 Å². The second-order valence-electron chi connectivity index (χ2n) is 8.35. The average Bonchev–Trinajstić information content (AvgIpc) is 3.45. The molecule has 1 saturated carbocycles. The van der Waals surface area contributed by atoms with Gasteiger partial charge in [0.2, 0.25) is 5.91 Å². The number of aromatic nitrogens is 1. The third-order valence-corrected chi connectivity index (χ3v) is 6.61. The van der Waals surface area contributed by atoms with E-state index in [9.17, 15) is 9.18 Å². The molecular weight excluding hydrogens is 417 g/mol. The molecule has 2 aromatic carbocycles. The van der Waals surface area contributed by atoms with Crippen molar-refractivity contribution in [3.63, 3.8) is 0 Å². The molecule has 1 saturated heterocycles. The number of nitrogens with zero attached hydrogens (tertiary/aromatic N) is 3. The lowest BCUT2D eigenvalue weighted by Crippen LogP contribution is -2.51. The Morgan fingerprint density at radius 1 is 1.10 bits per heavy atom. The van der Waals surface area contributed by atoms with Gasteiger partial charge in [0.25, 0.3) is 0 Å². The van der Waals surface area contributed by atoms with Crippen LogP contribution in [0.1, 0.15) is 24.1 Å². The predicted molar refractivity (Wildman–Crippen MR) is 118 cm³/mol. The van der Waals surface area contributed by atoms with E-state index in [0.29, 0.717) is 35.1 Å². The minimum atomic E-state index is -0.638. The maximum Gasteiger partial charge on any atom is 0.235 e. The Balaban J connectivity index is 1.30. The monoisotopic (exact) mass is 439 g/mol. The van der Waals surface area contributed by atoms with Gasteiger partial charge >= 0.3 is 0 Å². The second kappa shape index (κ2) is 7.68. The minimum Gasteiger partial charge on any atom is -0.368 e. The summed E-state index contributed by atoms with van der Waals surface area (Å²) in [5.41, 5.74) is 2.61. The number of halogens is 2. The largest absolute Gasteiger partial charge is 0.368 e. The highest BCUT2D eigenvalue weighted by atomic mass is 35.5. The fourth-order valence-electron chi connectivity index (χ4n) is 4.37. The fraction of sp³-hybridized carbons (Fsp3) is 0.333. The molecule has 1 aliphatic heterocycles. The van der Waals surface area contributed by atoms with Crippen molar-refractivity contribution in [3.05, 3.63) is 70.6 Å². The molecule has 0 atom stereocenters. The molecule has 160 valence electrons. The van der Waals surface area contributed by atoms with Crippen molar-refractivity contribution in [2.45, 2.75) is 25.2 Å². The average molecular weight is 440 g/mol. The van der Waals surface area contributed by atoms with E-state index in [1.54, 1.807) is 24.3 Å². The van der Waals surface area contributed by atoms with E-state index in [0.717, 1.165) is 31.6 Å². The number of hydrogen-bond acceptors (Lipinski definition) is 4. The Labute approximate surface area is 185 Å². The summed E-state index contributed by atoms with van der Waals surface area (Å²) in [5, 5.41) is 4.87. The van der Waals surface area contributed by atoms with Crippen molar-refractivity contribution in [1.82, 2.24) is 10.1 Å². The van der Waals surface area contributed by atoms with Crippen LogP contribution >= 0.6 is 11.6 Å². The molecule has 5 rings (SSSR count). The Morgan fingerprint density at radius 2 is 1.84 bits per heavy atom. The molecule has 1 aliphatic carbocycles. The number of anilines is 1. The molecule has 2 aliphatic rings. The molecule has 0 bridgehead atoms. The molecule has 3 aromatic rings. The Hall–Kier alpha value is -2.86. The Kier molecular flexibility index (Phi) is 4.97. The number of hydrogen-bond donors (Lipinski definition) is 0. The number of carbonyl (C=O) groups is 1. The van der Waals surface area contributed by atoms with Gasteiger partial charge in [-0.25, -0.2) is 4.39 Å². The molecule has 2 fully saturated rings. The standard InChI is InChI=1S/C24H23ClFN3O2/c1-16-6-7-17(25)14-20(16)28-10-12-29(13-11-28)23(30)24(8-9-24)22-15-21(31-27-22)18-4-2-3-5-19(18)26/h2-7,14-15H,8-13H2,1H3. The lowest BCUT2D eigenvalue weighted by Gasteiger charge is -2.38. The summed E-state index contributed by atoms with van der Waals surface area (Å²) < 4.78 is 19.5. The first-order valence-corrected chi connectivity index (χ1v) is 10.9. The van der Waals surface area contributed by atoms with Crippen LogP contribution in [0.5, 0.6) is 0 Å². The van der Waals surface area contributed by atoms with Crippen LogP contribution in [-0.2, 0) is 10.2 Å². The van der Waals surface area contributed by atoms with Gasteiger partial charge in [0.1, 0.15) is 5.82 Å². The van der Waals surface area contributed by atoms with E-state index < -0.39 is 5.41 Å². The highest BCUT2D eigenvalue weighted by molar-refractivity contribution is 6.30. The molecule has 1 aromatic heterocycles. The van der Waals surface area contributed by atoms with Crippen molar-refractivity contribution in [2.24, 2.45) is 0 Å². The normalized spacial score (nSPS) is 17.6. The van der Waals surface area contributed by atoms with Crippen LogP contribution in [0.2, 0.25) is 5.02 Å². The number of carbonyl (C=O) groups excluding carboxylic acids is 1. The molecule has 2 heterocycles. The molecule has 0 spiro atoms. The van der Waals surface area contributed by atoms with Gasteiger partial charge in [-0.1, -0.05) is 35.0 Å². The van der Waals surface area contributed by atoms with Crippen LogP contribution in [0.3, 0.4) is 0 Å². The van der Waals surface area contributed by atoms with E-state index in [4.69, 9.17) is 16.1 Å². The van der Waals surface area contributed by atoms with E-state index in [1.165, 1.54) is 11.6 Å². The highest BCUT2D eigenvalue weighted by Crippen LogP contribution is 2.50. The zero-order valence-electron chi connectivity index (χ0n) is 17.3. The van der Waals surface area contributed by atoms with Crippen LogP contribution in [0.25, 0.3) is 11.3 Å². The van der Waals surface area contributed by atoms with E-state index in [1.807, 2.05) is 23.1 Å². The van der Waals surface area contributed by atoms with Crippen LogP contribution in [0, 0.1) is 12.7 Å². The van der Waals surface area contributed by atoms with Gasteiger partial charge in [-0.2, -0.15) is 0 Å². The summed E-state index contributed by atoms with van der Waals surface area (Å²) in [6, 6.07) is 14.0. The van der Waals surface area contributed by atoms with Crippen molar-refractivity contribution >= 4 is 23.2 Å². The van der Waals surface area contributed by atoms with Gasteiger partial charge in [0.05, 0.1) is 16.7 Å². The first-order chi connectivity index (χ1) is 15.0. The predicted octanol–water partition coefficient (Wildman–Crippen LogP) is 4.82. The van der Waals surface area contributed by atoms with Gasteiger partial charge in [-0.05, 0) is 49.6 Å². The molecule has 31 heavy (non-hydrogen) atoms. The minimum absolute atomic E-state index is 0.0864. The number of benzene rings is 2. The second-order valence-corrected chi connectivity index (χ2v) is 8.78. The molecular formula is C24H23ClFN3O2. The quantitative estimate of drug-likeness (QED) is 0.584. The molecule has 0 radical (unpaired) electrons. The van der Waals surface area contributed by atoms with Crippen LogP contribution in [-0.4, -0.2) is 42.1 Å². The summed E-state index contributed by atoms with van der Waals surface area (Å²) in [4.78, 5) is 17.6. The van der Waals surface area contributed by atoms with E-state index in [-0.39, 0.29) is 11.7 Å². The zero-order valence-corrected chi connectivity index (χ0v) is 18.0. The van der Waals surface area contributed by atoms with Crippen molar-refractivity contribution < 1.29 is 13.7 Å². The number of piperazine rings is 1. The lowest BCUT2D eigenvalue weighted by atomic mass is 9.98. The number of aryl methyl sites for hydroxylation is 1. The number of amides is 1. The maximum atomic E-state index is 14.1. The van der Waals surface area contributed by atoms with E-state index >= 15 is 0 Å². The van der Waals surface area contributed by atoms with Gasteiger partial charge in [0.15, 0.2) is 5.76 Å². The van der Waals surface area contributed by atoms with Gasteiger partial charge in [-0.3, -0.25) is 4.79 Å². The van der Waals surface area contributed by atoms with E-state index in [2.05, 4.69) is 17.0 Å². The van der Waals surface area contributed by atoms with Crippen LogP contribution in [0.15, 0.2) is 53.1 Å². The molecule has 1 amide bonds. The van der Waals surface area contributed by atoms with Crippen molar-refractivity contribution in [1.29, 1.82) is 0 Å². The summed E-state index contributed by atoms with van der Waals surface area (Å²) in [5.74, 6) is 0.0746. The first kappa shape index (κ1) is 20.1. The van der Waals surface area contributed by atoms with Gasteiger partial charge < -0.3 is 14.3 Å². The maximum absolute atomic E-state index is 14.1. The highest BCUT2D eigenvalue weighted by Gasteiger charge is 2.55. The molecule has 0 N–H and O–H groups in total. The fourth-order valence-corrected chi connectivity index (χ4v) is 4.54. The van der Waals surface area contributed by atoms with Crippen LogP contribution < -0.4 is 4.90 Å². The topological polar surface area (TPSA) is 49.6 Å². The lowest BCUT2D eigenvalue weighted by molar-refractivity contribution is -0.134. The molecule has 7 heteroatoms. The summed E-state index contributed by atoms with van der Waals surface area (Å²) in [6.07, 6.45) is 1.48. The van der Waals surface area contributed by atoms with Gasteiger partial charge in [0, 0.05) is 43.0 Å². The van der Waals surface area contributed by atoms with Gasteiger partial charge in [-0.15, -0.1) is 0 Å². The third-order valence-electron chi connectivity index (χ3n) is 6.38. The Bertz CT molecular complexity index is 1130. The van der Waals surface area contributed by atoms with Crippen molar-refractivity contribution in [2.75, 3.05) is 31.1 Å².